The number of hydrogen-bond donors (Lipinski definition) is 2. The Morgan fingerprint density at radius 1 is 1.21 bits per heavy atom. The minimum absolute atomic E-state index is 0.525. The molecule has 14 heavy (non-hydrogen) atoms. The zero-order chi connectivity index (χ0) is 10.0. The van der Waals surface area contributed by atoms with Crippen LogP contribution in [0.3, 0.4) is 0 Å². The standard InChI is InChI=1S/C12H24N2/c1-12(2)7-3-6-11(12)14-10-5-4-8-13-9-10/h10-11,13-14H,3-9H2,1-2H3. The lowest BCUT2D eigenvalue weighted by Crippen LogP contribution is -2.50. The minimum atomic E-state index is 0.525. The van der Waals surface area contributed by atoms with Gasteiger partial charge in [-0.15, -0.1) is 0 Å². The third-order valence-electron chi connectivity index (χ3n) is 3.99. The van der Waals surface area contributed by atoms with E-state index in [0.717, 1.165) is 12.1 Å². The summed E-state index contributed by atoms with van der Waals surface area (Å²) in [6.07, 6.45) is 6.88. The fraction of sp³-hybridized carbons (Fsp3) is 1.00. The number of piperidine rings is 1. The molecule has 2 rings (SSSR count). The van der Waals surface area contributed by atoms with Crippen LogP contribution < -0.4 is 10.6 Å². The summed E-state index contributed by atoms with van der Waals surface area (Å²) in [6.45, 7) is 7.21. The van der Waals surface area contributed by atoms with Gasteiger partial charge >= 0.3 is 0 Å². The molecule has 2 unspecified atom stereocenters. The topological polar surface area (TPSA) is 24.1 Å². The summed E-state index contributed by atoms with van der Waals surface area (Å²) in [6, 6.07) is 1.48. The molecule has 2 N–H and O–H groups in total. The van der Waals surface area contributed by atoms with Crippen molar-refractivity contribution in [2.75, 3.05) is 13.1 Å². The minimum Gasteiger partial charge on any atom is -0.315 e. The second kappa shape index (κ2) is 4.19. The Labute approximate surface area is 87.8 Å². The summed E-state index contributed by atoms with van der Waals surface area (Å²) in [7, 11) is 0. The molecule has 1 heterocycles. The molecule has 0 aromatic heterocycles. The molecule has 82 valence electrons. The molecule has 1 saturated heterocycles. The van der Waals surface area contributed by atoms with Crippen LogP contribution in [-0.4, -0.2) is 25.2 Å². The molecule has 2 heteroatoms. The lowest BCUT2D eigenvalue weighted by molar-refractivity contribution is 0.243. The van der Waals surface area contributed by atoms with Crippen molar-refractivity contribution in [1.82, 2.24) is 10.6 Å². The first kappa shape index (κ1) is 10.4. The Balaban J connectivity index is 1.83. The van der Waals surface area contributed by atoms with E-state index in [2.05, 4.69) is 24.5 Å². The maximum Gasteiger partial charge on any atom is 0.0195 e. The third kappa shape index (κ3) is 2.29. The maximum absolute atomic E-state index is 3.85. The number of nitrogens with one attached hydrogen (secondary N) is 2. The molecule has 2 atom stereocenters. The van der Waals surface area contributed by atoms with Crippen molar-refractivity contribution in [3.63, 3.8) is 0 Å². The van der Waals surface area contributed by atoms with Crippen LogP contribution >= 0.6 is 0 Å². The Morgan fingerprint density at radius 2 is 2.07 bits per heavy atom. The summed E-state index contributed by atoms with van der Waals surface area (Å²) in [5, 5.41) is 7.32. The molecule has 0 aromatic rings. The Hall–Kier alpha value is -0.0800. The third-order valence-corrected chi connectivity index (χ3v) is 3.99. The summed E-state index contributed by atoms with van der Waals surface area (Å²) in [5.41, 5.74) is 0.525. The maximum atomic E-state index is 3.85. The highest BCUT2D eigenvalue weighted by molar-refractivity contribution is 4.92. The second-order valence-electron chi connectivity index (χ2n) is 5.64. The lowest BCUT2D eigenvalue weighted by atomic mass is 9.86. The lowest BCUT2D eigenvalue weighted by Gasteiger charge is -2.34. The van der Waals surface area contributed by atoms with Crippen molar-refractivity contribution < 1.29 is 0 Å². The molecule has 2 aliphatic rings. The quantitative estimate of drug-likeness (QED) is 0.705. The Morgan fingerprint density at radius 3 is 2.64 bits per heavy atom. The normalized spacial score (nSPS) is 37.3. The molecular formula is C12H24N2. The Kier molecular flexibility index (Phi) is 3.13. The molecule has 0 radical (unpaired) electrons. The van der Waals surface area contributed by atoms with Gasteiger partial charge < -0.3 is 10.6 Å². The smallest absolute Gasteiger partial charge is 0.0195 e. The molecule has 2 nitrogen and oxygen atoms in total. The van der Waals surface area contributed by atoms with Crippen LogP contribution in [0.2, 0.25) is 0 Å². The van der Waals surface area contributed by atoms with Gasteiger partial charge in [-0.1, -0.05) is 20.3 Å². The monoisotopic (exact) mass is 196 g/mol. The highest BCUT2D eigenvalue weighted by atomic mass is 15.0. The fourth-order valence-corrected chi connectivity index (χ4v) is 2.91. The van der Waals surface area contributed by atoms with E-state index in [1.807, 2.05) is 0 Å². The summed E-state index contributed by atoms with van der Waals surface area (Å²) >= 11 is 0. The van der Waals surface area contributed by atoms with E-state index in [9.17, 15) is 0 Å². The van der Waals surface area contributed by atoms with Crippen LogP contribution in [0.5, 0.6) is 0 Å². The SMILES string of the molecule is CC1(C)CCCC1NC1CCCNC1. The Bertz CT molecular complexity index is 183. The average Bonchev–Trinajstić information content (AvgIpc) is 2.48. The first-order valence-corrected chi connectivity index (χ1v) is 6.15. The summed E-state index contributed by atoms with van der Waals surface area (Å²) in [4.78, 5) is 0. The van der Waals surface area contributed by atoms with E-state index < -0.39 is 0 Å². The predicted molar refractivity (Wildman–Crippen MR) is 60.4 cm³/mol. The van der Waals surface area contributed by atoms with Gasteiger partial charge in [-0.05, 0) is 37.6 Å². The molecule has 0 aromatic carbocycles. The van der Waals surface area contributed by atoms with E-state index >= 15 is 0 Å². The van der Waals surface area contributed by atoms with E-state index in [4.69, 9.17) is 0 Å². The van der Waals surface area contributed by atoms with Crippen molar-refractivity contribution in [2.45, 2.75) is 58.0 Å². The highest BCUT2D eigenvalue weighted by Crippen LogP contribution is 2.37. The van der Waals surface area contributed by atoms with Gasteiger partial charge in [0.1, 0.15) is 0 Å². The molecule has 2 fully saturated rings. The molecule has 0 amide bonds. The van der Waals surface area contributed by atoms with Crippen molar-refractivity contribution in [2.24, 2.45) is 5.41 Å². The van der Waals surface area contributed by atoms with Crippen LogP contribution in [0.4, 0.5) is 0 Å². The van der Waals surface area contributed by atoms with Crippen molar-refractivity contribution >= 4 is 0 Å². The van der Waals surface area contributed by atoms with Crippen LogP contribution in [0.1, 0.15) is 46.0 Å². The van der Waals surface area contributed by atoms with Gasteiger partial charge in [0, 0.05) is 18.6 Å². The van der Waals surface area contributed by atoms with Gasteiger partial charge in [-0.3, -0.25) is 0 Å². The zero-order valence-corrected chi connectivity index (χ0v) is 9.60. The fourth-order valence-electron chi connectivity index (χ4n) is 2.91. The van der Waals surface area contributed by atoms with Gasteiger partial charge in [0.2, 0.25) is 0 Å². The van der Waals surface area contributed by atoms with Gasteiger partial charge in [-0.25, -0.2) is 0 Å². The first-order chi connectivity index (χ1) is 6.68. The van der Waals surface area contributed by atoms with Crippen LogP contribution in [0.25, 0.3) is 0 Å². The summed E-state index contributed by atoms with van der Waals surface area (Å²) in [5.74, 6) is 0. The van der Waals surface area contributed by atoms with Crippen molar-refractivity contribution in [3.05, 3.63) is 0 Å². The van der Waals surface area contributed by atoms with Gasteiger partial charge in [0.15, 0.2) is 0 Å². The van der Waals surface area contributed by atoms with Crippen LogP contribution in [-0.2, 0) is 0 Å². The number of hydrogen-bond acceptors (Lipinski definition) is 2. The zero-order valence-electron chi connectivity index (χ0n) is 9.60. The largest absolute Gasteiger partial charge is 0.315 e. The van der Waals surface area contributed by atoms with Gasteiger partial charge in [-0.2, -0.15) is 0 Å². The predicted octanol–water partition coefficient (Wildman–Crippen LogP) is 1.91. The molecular weight excluding hydrogens is 172 g/mol. The van der Waals surface area contributed by atoms with E-state index in [0.29, 0.717) is 5.41 Å². The van der Waals surface area contributed by atoms with Gasteiger partial charge in [0.25, 0.3) is 0 Å². The van der Waals surface area contributed by atoms with E-state index in [-0.39, 0.29) is 0 Å². The highest BCUT2D eigenvalue weighted by Gasteiger charge is 2.35. The number of rotatable bonds is 2. The van der Waals surface area contributed by atoms with Crippen molar-refractivity contribution in [1.29, 1.82) is 0 Å². The van der Waals surface area contributed by atoms with E-state index in [1.165, 1.54) is 45.2 Å². The molecule has 1 saturated carbocycles. The molecule has 0 bridgehead atoms. The second-order valence-corrected chi connectivity index (χ2v) is 5.64. The molecule has 1 aliphatic carbocycles. The first-order valence-electron chi connectivity index (χ1n) is 6.15. The van der Waals surface area contributed by atoms with Crippen molar-refractivity contribution in [3.8, 4) is 0 Å². The van der Waals surface area contributed by atoms with Crippen LogP contribution in [0.15, 0.2) is 0 Å². The van der Waals surface area contributed by atoms with E-state index in [1.54, 1.807) is 0 Å². The summed E-state index contributed by atoms with van der Waals surface area (Å²) < 4.78 is 0. The average molecular weight is 196 g/mol. The van der Waals surface area contributed by atoms with Gasteiger partial charge in [0.05, 0.1) is 0 Å². The molecule has 1 aliphatic heterocycles. The molecule has 0 spiro atoms. The van der Waals surface area contributed by atoms with Crippen LogP contribution in [0, 0.1) is 5.41 Å².